The van der Waals surface area contributed by atoms with Crippen LogP contribution in [0.15, 0.2) is 134 Å². The van der Waals surface area contributed by atoms with E-state index in [1.807, 2.05) is 21.1 Å². The zero-order chi connectivity index (χ0) is 73.2. The molecule has 2 unspecified atom stereocenters. The summed E-state index contributed by atoms with van der Waals surface area (Å²) < 4.78 is 22.9. The number of carboxylic acids is 1. The smallest absolute Gasteiger partial charge is 0.306 e. The molecule has 580 valence electrons. The summed E-state index contributed by atoms with van der Waals surface area (Å²) >= 11 is 0. The Bertz CT molecular complexity index is 2130. The molecule has 0 amide bonds. The maximum absolute atomic E-state index is 13.0. The molecular formula is C92H159NO8. The first-order valence-electron chi connectivity index (χ1n) is 42.3. The minimum absolute atomic E-state index is 0.141. The lowest BCUT2D eigenvalue weighted by Crippen LogP contribution is -2.44. The molecule has 0 spiro atoms. The van der Waals surface area contributed by atoms with Crippen LogP contribution in [0.1, 0.15) is 373 Å². The number of hydrogen-bond acceptors (Lipinski definition) is 8. The van der Waals surface area contributed by atoms with E-state index in [0.717, 1.165) is 109 Å². The van der Waals surface area contributed by atoms with Crippen molar-refractivity contribution in [1.82, 2.24) is 0 Å². The van der Waals surface area contributed by atoms with Crippen LogP contribution in [0.2, 0.25) is 0 Å². The normalized spacial score (nSPS) is 13.3. The lowest BCUT2D eigenvalue weighted by molar-refractivity contribution is -0.870. The summed E-state index contributed by atoms with van der Waals surface area (Å²) in [5.74, 6) is -2.29. The zero-order valence-corrected chi connectivity index (χ0v) is 66.5. The number of ether oxygens (including phenoxy) is 4. The molecule has 2 atom stereocenters. The predicted molar refractivity (Wildman–Crippen MR) is 435 cm³/mol. The molecule has 0 saturated carbocycles. The van der Waals surface area contributed by atoms with Gasteiger partial charge in [-0.2, -0.15) is 0 Å². The van der Waals surface area contributed by atoms with Crippen molar-refractivity contribution in [2.45, 2.75) is 386 Å². The van der Waals surface area contributed by atoms with E-state index in [9.17, 15) is 19.5 Å². The predicted octanol–water partition coefficient (Wildman–Crippen LogP) is 26.3. The third kappa shape index (κ3) is 82.6. The molecule has 0 aliphatic carbocycles. The fourth-order valence-electron chi connectivity index (χ4n) is 12.0. The number of quaternary nitrogens is 1. The van der Waals surface area contributed by atoms with Gasteiger partial charge in [-0.15, -0.1) is 0 Å². The standard InChI is InChI=1S/C92H159NO8/c1-6-8-10-12-14-16-18-20-22-24-26-28-30-32-34-36-38-40-42-43-44-45-46-47-49-50-52-54-56-58-60-62-64-66-68-70-72-74-76-78-80-82-89(94)99-86-88(87-100-92(91(96)97)98-85-84-93(3,4)5)101-90(95)83-81-79-77-75-73-71-69-67-65-63-61-59-57-55-53-51-48-41-39-37-35-33-31-29-27-25-23-21-19-17-15-13-11-9-7-2/h9,11,15,17-18,20-21,23-24,26-27,29,33,35,39,41,51,53,57,59,63,65,88,92H,6-8,10,12-14,16,19,22,25,28,30-32,34,36-38,40,42-50,52,54-56,58,60-62,64,66-87H2,1-5H3/b11-9-,17-15-,20-18-,23-21-,26-24-,29-27-,35-33-,41-39-,53-51-,59-57-,65-63-. The summed E-state index contributed by atoms with van der Waals surface area (Å²) in [7, 11) is 5.93. The van der Waals surface area contributed by atoms with E-state index in [0.29, 0.717) is 17.4 Å². The number of likely N-dealkylation sites (N-methyl/N-ethyl adjacent to an activating group) is 1. The number of nitrogens with zero attached hydrogens (tertiary/aromatic N) is 1. The van der Waals surface area contributed by atoms with Crippen LogP contribution >= 0.6 is 0 Å². The van der Waals surface area contributed by atoms with Crippen molar-refractivity contribution in [2.75, 3.05) is 47.5 Å². The van der Waals surface area contributed by atoms with Crippen LogP contribution in [0.5, 0.6) is 0 Å². The van der Waals surface area contributed by atoms with E-state index in [1.54, 1.807) is 0 Å². The summed E-state index contributed by atoms with van der Waals surface area (Å²) in [5.41, 5.74) is 0. The molecule has 0 aromatic heterocycles. The van der Waals surface area contributed by atoms with Crippen LogP contribution in [-0.4, -0.2) is 82.3 Å². The van der Waals surface area contributed by atoms with E-state index in [2.05, 4.69) is 148 Å². The van der Waals surface area contributed by atoms with Crippen molar-refractivity contribution >= 4 is 17.9 Å². The van der Waals surface area contributed by atoms with E-state index < -0.39 is 24.3 Å². The van der Waals surface area contributed by atoms with Gasteiger partial charge in [0.1, 0.15) is 13.2 Å². The Morgan fingerprint density at radius 2 is 0.564 bits per heavy atom. The Morgan fingerprint density at radius 3 is 0.842 bits per heavy atom. The Morgan fingerprint density at radius 1 is 0.307 bits per heavy atom. The van der Waals surface area contributed by atoms with Crippen molar-refractivity contribution in [3.8, 4) is 0 Å². The van der Waals surface area contributed by atoms with Crippen LogP contribution in [0.4, 0.5) is 0 Å². The number of esters is 2. The maximum atomic E-state index is 13.0. The highest BCUT2D eigenvalue weighted by Crippen LogP contribution is 2.19. The third-order valence-corrected chi connectivity index (χ3v) is 18.4. The molecule has 0 heterocycles. The molecule has 9 nitrogen and oxygen atoms in total. The minimum atomic E-state index is -1.63. The fraction of sp³-hybridized carbons (Fsp3) is 0.728. The fourth-order valence-corrected chi connectivity index (χ4v) is 12.0. The lowest BCUT2D eigenvalue weighted by atomic mass is 10.0. The molecule has 0 aromatic carbocycles. The third-order valence-electron chi connectivity index (χ3n) is 18.4. The minimum Gasteiger partial charge on any atom is -0.545 e. The molecule has 0 N–H and O–H groups in total. The molecule has 0 saturated heterocycles. The van der Waals surface area contributed by atoms with Crippen LogP contribution in [0.25, 0.3) is 0 Å². The highest BCUT2D eigenvalue weighted by Gasteiger charge is 2.22. The van der Waals surface area contributed by atoms with Gasteiger partial charge in [-0.25, -0.2) is 0 Å². The van der Waals surface area contributed by atoms with Crippen molar-refractivity contribution in [3.05, 3.63) is 134 Å². The van der Waals surface area contributed by atoms with Gasteiger partial charge in [-0.3, -0.25) is 9.59 Å². The van der Waals surface area contributed by atoms with Crippen molar-refractivity contribution in [1.29, 1.82) is 0 Å². The van der Waals surface area contributed by atoms with Crippen molar-refractivity contribution < 1.29 is 42.9 Å². The summed E-state index contributed by atoms with van der Waals surface area (Å²) in [6.07, 6.45) is 115. The van der Waals surface area contributed by atoms with Gasteiger partial charge in [-0.1, -0.05) is 379 Å². The van der Waals surface area contributed by atoms with Gasteiger partial charge in [0, 0.05) is 12.8 Å². The molecule has 0 aromatic rings. The Kier molecular flexibility index (Phi) is 77.4. The largest absolute Gasteiger partial charge is 0.545 e. The number of allylic oxidation sites excluding steroid dienone is 22. The number of carboxylic acid groups (broad SMARTS) is 1. The highest BCUT2D eigenvalue weighted by molar-refractivity contribution is 5.70. The van der Waals surface area contributed by atoms with Crippen LogP contribution in [-0.2, 0) is 33.3 Å². The average Bonchev–Trinajstić information content (AvgIpc) is 1.25. The molecule has 101 heavy (non-hydrogen) atoms. The number of hydrogen-bond donors (Lipinski definition) is 0. The number of rotatable bonds is 78. The number of carbonyl (C=O) groups excluding carboxylic acids is 3. The summed E-state index contributed by atoms with van der Waals surface area (Å²) in [5, 5.41) is 11.9. The Hall–Kier alpha value is -4.57. The van der Waals surface area contributed by atoms with Crippen molar-refractivity contribution in [3.63, 3.8) is 0 Å². The Labute approximate surface area is 624 Å². The molecule has 9 heteroatoms. The molecule has 0 bridgehead atoms. The van der Waals surface area contributed by atoms with Crippen molar-refractivity contribution in [2.24, 2.45) is 0 Å². The van der Waals surface area contributed by atoms with Crippen LogP contribution in [0.3, 0.4) is 0 Å². The van der Waals surface area contributed by atoms with Gasteiger partial charge in [0.15, 0.2) is 12.4 Å². The molecular weight excluding hydrogens is 1250 g/mol. The van der Waals surface area contributed by atoms with Gasteiger partial charge in [0.2, 0.25) is 0 Å². The Balaban J connectivity index is 4.02. The second-order valence-corrected chi connectivity index (χ2v) is 29.4. The van der Waals surface area contributed by atoms with E-state index in [4.69, 9.17) is 18.9 Å². The number of carbonyl (C=O) groups is 3. The second kappa shape index (κ2) is 81.1. The zero-order valence-electron chi connectivity index (χ0n) is 66.5. The maximum Gasteiger partial charge on any atom is 0.306 e. The van der Waals surface area contributed by atoms with Gasteiger partial charge in [0.25, 0.3) is 0 Å². The number of aliphatic carboxylic acids is 1. The first-order valence-corrected chi connectivity index (χ1v) is 42.3. The summed E-state index contributed by atoms with van der Waals surface area (Å²) in [6.45, 7) is 4.64. The van der Waals surface area contributed by atoms with Crippen LogP contribution in [0, 0.1) is 0 Å². The van der Waals surface area contributed by atoms with E-state index in [-0.39, 0.29) is 38.6 Å². The second-order valence-electron chi connectivity index (χ2n) is 29.4. The lowest BCUT2D eigenvalue weighted by Gasteiger charge is -2.26. The molecule has 0 rings (SSSR count). The average molecular weight is 1410 g/mol. The molecule has 0 aliphatic rings. The van der Waals surface area contributed by atoms with E-state index >= 15 is 0 Å². The summed E-state index contributed by atoms with van der Waals surface area (Å²) in [4.78, 5) is 37.6. The molecule has 0 radical (unpaired) electrons. The molecule has 0 aliphatic heterocycles. The first-order chi connectivity index (χ1) is 49.6. The van der Waals surface area contributed by atoms with Crippen LogP contribution < -0.4 is 5.11 Å². The number of unbranched alkanes of at least 4 members (excludes halogenated alkanes) is 41. The van der Waals surface area contributed by atoms with Gasteiger partial charge >= 0.3 is 11.9 Å². The quantitative estimate of drug-likeness (QED) is 0.0195. The SMILES string of the molecule is CC/C=C\C/C=C\C/C=C\C/C=C\C/C=C\C/C=C\C/C=C\C/C=C\C/C=C\CCCCCCCCCC(=O)OC(COC(=O)CCCCCCCCCCCCCCCCCCCCCCCCCCCCCCC/C=C\C/C=C\CCCCCCC)COC(OCC[N+](C)(C)C)C(=O)[O-]. The van der Waals surface area contributed by atoms with Gasteiger partial charge in [0.05, 0.1) is 40.3 Å². The summed E-state index contributed by atoms with van der Waals surface area (Å²) in [6, 6.07) is 0. The monoisotopic (exact) mass is 1410 g/mol. The van der Waals surface area contributed by atoms with Gasteiger partial charge in [-0.05, 0) is 116 Å². The highest BCUT2D eigenvalue weighted by atomic mass is 16.7. The van der Waals surface area contributed by atoms with Gasteiger partial charge < -0.3 is 33.3 Å². The topological polar surface area (TPSA) is 111 Å². The molecule has 0 fully saturated rings. The van der Waals surface area contributed by atoms with E-state index in [1.165, 1.54) is 231 Å². The first kappa shape index (κ1) is 96.4.